The molecule has 0 aliphatic rings. The van der Waals surface area contributed by atoms with E-state index in [0.717, 1.165) is 5.56 Å². The highest BCUT2D eigenvalue weighted by Gasteiger charge is 2.20. The smallest absolute Gasteiger partial charge is 0.360 e. The molecule has 0 aliphatic heterocycles. The second-order valence-corrected chi connectivity index (χ2v) is 5.60. The van der Waals surface area contributed by atoms with E-state index >= 15 is 0 Å². The number of pyridine rings is 1. The minimum absolute atomic E-state index is 0.0436. The Kier molecular flexibility index (Phi) is 4.94. The standard InChI is InChI=1S/C18H18N4O4/c1-3-26-18(25)16-17(21-20-14-5-4-13(24)8-11(14)2)22-7-6-12(10-23)9-15(22)19-16/h4-9,23-24H,3,10H2,1-2H3. The molecule has 8 heteroatoms. The Hall–Kier alpha value is -3.26. The van der Waals surface area contributed by atoms with Crippen molar-refractivity contribution in [2.45, 2.75) is 20.5 Å². The molecule has 0 bridgehead atoms. The number of fused-ring (bicyclic) bond motifs is 1. The molecule has 0 spiro atoms. The van der Waals surface area contributed by atoms with Gasteiger partial charge in [-0.1, -0.05) is 0 Å². The van der Waals surface area contributed by atoms with Crippen LogP contribution in [0.25, 0.3) is 5.65 Å². The van der Waals surface area contributed by atoms with E-state index in [-0.39, 0.29) is 30.5 Å². The van der Waals surface area contributed by atoms with Crippen LogP contribution in [0.5, 0.6) is 5.75 Å². The van der Waals surface area contributed by atoms with Crippen molar-refractivity contribution in [2.75, 3.05) is 6.61 Å². The molecule has 8 nitrogen and oxygen atoms in total. The van der Waals surface area contributed by atoms with E-state index in [2.05, 4.69) is 15.2 Å². The van der Waals surface area contributed by atoms with Crippen molar-refractivity contribution in [3.8, 4) is 5.75 Å². The van der Waals surface area contributed by atoms with Crippen molar-refractivity contribution >= 4 is 23.1 Å². The fraction of sp³-hybridized carbons (Fsp3) is 0.222. The number of aliphatic hydroxyl groups is 1. The third kappa shape index (κ3) is 3.40. The van der Waals surface area contributed by atoms with Crippen molar-refractivity contribution < 1.29 is 19.7 Å². The largest absolute Gasteiger partial charge is 0.508 e. The number of carbonyl (C=O) groups is 1. The molecule has 0 unspecified atom stereocenters. The van der Waals surface area contributed by atoms with Crippen molar-refractivity contribution in [3.05, 3.63) is 53.3 Å². The van der Waals surface area contributed by atoms with Crippen LogP contribution in [-0.4, -0.2) is 32.2 Å². The molecule has 26 heavy (non-hydrogen) atoms. The first-order valence-corrected chi connectivity index (χ1v) is 8.03. The lowest BCUT2D eigenvalue weighted by molar-refractivity contribution is 0.0521. The number of hydrogen-bond donors (Lipinski definition) is 2. The molecule has 2 aromatic heterocycles. The molecule has 3 rings (SSSR count). The molecule has 0 radical (unpaired) electrons. The van der Waals surface area contributed by atoms with Crippen molar-refractivity contribution in [2.24, 2.45) is 10.2 Å². The molecule has 0 atom stereocenters. The number of aryl methyl sites for hydroxylation is 1. The van der Waals surface area contributed by atoms with Gasteiger partial charge in [0.15, 0.2) is 11.5 Å². The third-order valence-corrected chi connectivity index (χ3v) is 3.75. The van der Waals surface area contributed by atoms with Gasteiger partial charge in [-0.3, -0.25) is 4.40 Å². The summed E-state index contributed by atoms with van der Waals surface area (Å²) in [5.74, 6) is -0.228. The number of azo groups is 1. The number of ether oxygens (including phenoxy) is 1. The lowest BCUT2D eigenvalue weighted by atomic mass is 10.2. The Balaban J connectivity index is 2.11. The van der Waals surface area contributed by atoms with Gasteiger partial charge in [-0.05, 0) is 55.3 Å². The summed E-state index contributed by atoms with van der Waals surface area (Å²) >= 11 is 0. The summed E-state index contributed by atoms with van der Waals surface area (Å²) in [7, 11) is 0. The van der Waals surface area contributed by atoms with Gasteiger partial charge in [0, 0.05) is 6.20 Å². The van der Waals surface area contributed by atoms with Crippen LogP contribution in [0.3, 0.4) is 0 Å². The van der Waals surface area contributed by atoms with Crippen LogP contribution in [0.2, 0.25) is 0 Å². The summed E-state index contributed by atoms with van der Waals surface area (Å²) in [6, 6.07) is 8.07. The number of carbonyl (C=O) groups excluding carboxylic acids is 1. The molecule has 0 saturated heterocycles. The highest BCUT2D eigenvalue weighted by Crippen LogP contribution is 2.28. The van der Waals surface area contributed by atoms with Crippen molar-refractivity contribution in [1.29, 1.82) is 0 Å². The zero-order valence-electron chi connectivity index (χ0n) is 14.4. The summed E-state index contributed by atoms with van der Waals surface area (Å²) < 4.78 is 6.65. The van der Waals surface area contributed by atoms with Gasteiger partial charge in [-0.2, -0.15) is 0 Å². The molecular formula is C18H18N4O4. The third-order valence-electron chi connectivity index (χ3n) is 3.75. The summed E-state index contributed by atoms with van der Waals surface area (Å²) in [5.41, 5.74) is 2.45. The van der Waals surface area contributed by atoms with Gasteiger partial charge < -0.3 is 14.9 Å². The van der Waals surface area contributed by atoms with E-state index in [0.29, 0.717) is 16.9 Å². The first kappa shape index (κ1) is 17.6. The summed E-state index contributed by atoms with van der Waals surface area (Å²) in [6.45, 7) is 3.57. The van der Waals surface area contributed by atoms with Gasteiger partial charge in [0.1, 0.15) is 11.4 Å². The molecule has 0 aliphatic carbocycles. The van der Waals surface area contributed by atoms with E-state index in [1.165, 1.54) is 6.07 Å². The fourth-order valence-corrected chi connectivity index (χ4v) is 2.46. The number of aliphatic hydroxyl groups excluding tert-OH is 1. The first-order valence-electron chi connectivity index (χ1n) is 8.03. The number of rotatable bonds is 5. The number of nitrogens with zero attached hydrogens (tertiary/aromatic N) is 4. The summed E-state index contributed by atoms with van der Waals surface area (Å²) in [4.78, 5) is 16.5. The molecule has 0 fully saturated rings. The lowest BCUT2D eigenvalue weighted by Gasteiger charge is -2.02. The van der Waals surface area contributed by atoms with Gasteiger partial charge in [0.05, 0.1) is 18.9 Å². The van der Waals surface area contributed by atoms with Gasteiger partial charge in [0.2, 0.25) is 0 Å². The molecule has 1 aromatic carbocycles. The normalized spacial score (nSPS) is 11.3. The Morgan fingerprint density at radius 2 is 2.08 bits per heavy atom. The molecule has 0 saturated carbocycles. The zero-order valence-corrected chi connectivity index (χ0v) is 14.4. The van der Waals surface area contributed by atoms with E-state index in [1.54, 1.807) is 48.7 Å². The van der Waals surface area contributed by atoms with Gasteiger partial charge >= 0.3 is 5.97 Å². The van der Waals surface area contributed by atoms with Crippen LogP contribution >= 0.6 is 0 Å². The topological polar surface area (TPSA) is 109 Å². The zero-order chi connectivity index (χ0) is 18.7. The Bertz CT molecular complexity index is 994. The maximum absolute atomic E-state index is 12.2. The summed E-state index contributed by atoms with van der Waals surface area (Å²) in [5, 5.41) is 27.1. The molecule has 3 aromatic rings. The Morgan fingerprint density at radius 3 is 2.77 bits per heavy atom. The van der Waals surface area contributed by atoms with Crippen LogP contribution in [0.1, 0.15) is 28.5 Å². The van der Waals surface area contributed by atoms with E-state index < -0.39 is 5.97 Å². The van der Waals surface area contributed by atoms with Gasteiger partial charge in [-0.25, -0.2) is 9.78 Å². The highest BCUT2D eigenvalue weighted by molar-refractivity contribution is 5.93. The summed E-state index contributed by atoms with van der Waals surface area (Å²) in [6.07, 6.45) is 1.66. The number of benzene rings is 1. The van der Waals surface area contributed by atoms with Crippen LogP contribution < -0.4 is 0 Å². The van der Waals surface area contributed by atoms with Crippen LogP contribution in [0, 0.1) is 6.92 Å². The number of esters is 1. The predicted octanol–water partition coefficient (Wildman–Crippen LogP) is 3.43. The van der Waals surface area contributed by atoms with Gasteiger partial charge in [0.25, 0.3) is 0 Å². The van der Waals surface area contributed by atoms with E-state index in [9.17, 15) is 15.0 Å². The number of aromatic hydroxyl groups is 1. The van der Waals surface area contributed by atoms with Crippen molar-refractivity contribution in [1.82, 2.24) is 9.38 Å². The minimum atomic E-state index is -0.599. The fourth-order valence-electron chi connectivity index (χ4n) is 2.46. The van der Waals surface area contributed by atoms with E-state index in [1.807, 2.05) is 0 Å². The van der Waals surface area contributed by atoms with Crippen LogP contribution in [0.4, 0.5) is 11.5 Å². The first-order chi connectivity index (χ1) is 12.5. The molecule has 2 N–H and O–H groups in total. The average Bonchev–Trinajstić information content (AvgIpc) is 2.99. The Labute approximate surface area is 149 Å². The maximum Gasteiger partial charge on any atom is 0.360 e. The SMILES string of the molecule is CCOC(=O)c1nc2cc(CO)ccn2c1N=Nc1ccc(O)cc1C. The number of hydrogen-bond acceptors (Lipinski definition) is 7. The maximum atomic E-state index is 12.2. The number of phenolic OH excluding ortho intramolecular Hbond substituents is 1. The second-order valence-electron chi connectivity index (χ2n) is 5.60. The molecule has 134 valence electrons. The number of aromatic nitrogens is 2. The second kappa shape index (κ2) is 7.32. The monoisotopic (exact) mass is 354 g/mol. The molecule has 2 heterocycles. The molecular weight excluding hydrogens is 336 g/mol. The molecule has 0 amide bonds. The number of imidazole rings is 1. The lowest BCUT2D eigenvalue weighted by Crippen LogP contribution is -2.05. The quantitative estimate of drug-likeness (QED) is 0.539. The average molecular weight is 354 g/mol. The van der Waals surface area contributed by atoms with Crippen LogP contribution in [-0.2, 0) is 11.3 Å². The minimum Gasteiger partial charge on any atom is -0.508 e. The van der Waals surface area contributed by atoms with Gasteiger partial charge in [-0.15, -0.1) is 10.2 Å². The van der Waals surface area contributed by atoms with E-state index in [4.69, 9.17) is 4.74 Å². The Morgan fingerprint density at radius 1 is 1.27 bits per heavy atom. The van der Waals surface area contributed by atoms with Crippen molar-refractivity contribution in [3.63, 3.8) is 0 Å². The highest BCUT2D eigenvalue weighted by atomic mass is 16.5. The number of phenols is 1. The predicted molar refractivity (Wildman–Crippen MR) is 94.1 cm³/mol. The van der Waals surface area contributed by atoms with Crippen LogP contribution in [0.15, 0.2) is 46.8 Å².